The lowest BCUT2D eigenvalue weighted by molar-refractivity contribution is 0.1000. The molecule has 2 aromatic carbocycles. The fourth-order valence-corrected chi connectivity index (χ4v) is 4.00. The number of aromatic nitrogens is 1. The summed E-state index contributed by atoms with van der Waals surface area (Å²) in [5.41, 5.74) is 7.13. The number of nitrogens with zero attached hydrogens (tertiary/aromatic N) is 3. The van der Waals surface area contributed by atoms with Crippen LogP contribution in [0.25, 0.3) is 10.9 Å². The molecule has 4 rings (SSSR count). The minimum Gasteiger partial charge on any atom is -0.490 e. The van der Waals surface area contributed by atoms with E-state index in [1.807, 2.05) is 24.3 Å². The second-order valence-electron chi connectivity index (χ2n) is 7.41. The van der Waals surface area contributed by atoms with Crippen molar-refractivity contribution >= 4 is 22.5 Å². The zero-order chi connectivity index (χ0) is 21.3. The number of nitrogens with two attached hydrogens (primary N) is 1. The molecule has 0 aliphatic carbocycles. The molecule has 1 fully saturated rings. The number of anilines is 1. The molecule has 0 saturated carbocycles. The van der Waals surface area contributed by atoms with Gasteiger partial charge >= 0.3 is 0 Å². The predicted octanol–water partition coefficient (Wildman–Crippen LogP) is 2.56. The summed E-state index contributed by atoms with van der Waals surface area (Å²) < 4.78 is 7.58. The van der Waals surface area contributed by atoms with E-state index >= 15 is 0 Å². The van der Waals surface area contributed by atoms with Crippen molar-refractivity contribution in [3.63, 3.8) is 0 Å². The summed E-state index contributed by atoms with van der Waals surface area (Å²) in [7, 11) is 1.69. The van der Waals surface area contributed by atoms with Crippen molar-refractivity contribution in [2.24, 2.45) is 12.8 Å². The Morgan fingerprint density at radius 3 is 2.43 bits per heavy atom. The van der Waals surface area contributed by atoms with Crippen LogP contribution in [0.1, 0.15) is 28.8 Å². The molecule has 0 radical (unpaired) electrons. The van der Waals surface area contributed by atoms with E-state index in [0.29, 0.717) is 30.1 Å². The standard InChI is InChI=1S/C23H22N4O3/c1-26-20-5-3-2-4-18(20)21(19(14-24)23(26)29)27-12-10-17(11-13-27)30-16-8-6-15(7-9-16)22(25)28/h2-9,17H,10-13H2,1H3,(H2,25,28). The number of carbonyl (C=O) groups excluding carboxylic acids is 1. The van der Waals surface area contributed by atoms with Gasteiger partial charge < -0.3 is 19.9 Å². The maximum atomic E-state index is 12.7. The first kappa shape index (κ1) is 19.5. The van der Waals surface area contributed by atoms with Gasteiger partial charge in [-0.25, -0.2) is 0 Å². The van der Waals surface area contributed by atoms with Crippen molar-refractivity contribution in [3.8, 4) is 11.8 Å². The SMILES string of the molecule is Cn1c(=O)c(C#N)c(N2CCC(Oc3ccc(C(N)=O)cc3)CC2)c2ccccc21. The van der Waals surface area contributed by atoms with Crippen LogP contribution in [0.2, 0.25) is 0 Å². The largest absolute Gasteiger partial charge is 0.490 e. The van der Waals surface area contributed by atoms with Gasteiger partial charge in [-0.1, -0.05) is 18.2 Å². The first-order chi connectivity index (χ1) is 14.5. The average molecular weight is 402 g/mol. The highest BCUT2D eigenvalue weighted by Crippen LogP contribution is 2.31. The number of primary amides is 1. The summed E-state index contributed by atoms with van der Waals surface area (Å²) >= 11 is 0. The Hall–Kier alpha value is -3.79. The second kappa shape index (κ2) is 7.91. The second-order valence-corrected chi connectivity index (χ2v) is 7.41. The number of piperidine rings is 1. The van der Waals surface area contributed by atoms with E-state index in [0.717, 1.165) is 23.7 Å². The van der Waals surface area contributed by atoms with E-state index in [4.69, 9.17) is 10.5 Å². The summed E-state index contributed by atoms with van der Waals surface area (Å²) in [6.07, 6.45) is 1.53. The summed E-state index contributed by atoms with van der Waals surface area (Å²) in [4.78, 5) is 26.0. The predicted molar refractivity (Wildman–Crippen MR) is 115 cm³/mol. The fraction of sp³-hybridized carbons (Fsp3) is 0.261. The van der Waals surface area contributed by atoms with E-state index in [9.17, 15) is 14.9 Å². The molecule has 1 saturated heterocycles. The molecule has 3 aromatic rings. The molecule has 0 bridgehead atoms. The normalized spacial score (nSPS) is 14.5. The van der Waals surface area contributed by atoms with E-state index in [2.05, 4.69) is 11.0 Å². The van der Waals surface area contributed by atoms with E-state index < -0.39 is 5.91 Å². The number of hydrogen-bond acceptors (Lipinski definition) is 5. The van der Waals surface area contributed by atoms with Crippen molar-refractivity contribution < 1.29 is 9.53 Å². The van der Waals surface area contributed by atoms with Crippen LogP contribution in [0.4, 0.5) is 5.69 Å². The van der Waals surface area contributed by atoms with Crippen LogP contribution < -0.4 is 20.9 Å². The third kappa shape index (κ3) is 3.48. The van der Waals surface area contributed by atoms with Gasteiger partial charge in [-0.3, -0.25) is 9.59 Å². The maximum Gasteiger partial charge on any atom is 0.270 e. The van der Waals surface area contributed by atoms with Crippen molar-refractivity contribution in [1.29, 1.82) is 5.26 Å². The minimum absolute atomic E-state index is 0.0176. The molecular weight excluding hydrogens is 380 g/mol. The molecule has 7 heteroatoms. The van der Waals surface area contributed by atoms with Crippen molar-refractivity contribution in [1.82, 2.24) is 4.57 Å². The third-order valence-corrected chi connectivity index (χ3v) is 5.59. The van der Waals surface area contributed by atoms with Crippen LogP contribution >= 0.6 is 0 Å². The Bertz CT molecular complexity index is 1200. The lowest BCUT2D eigenvalue weighted by Crippen LogP contribution is -2.40. The van der Waals surface area contributed by atoms with Crippen LogP contribution in [-0.2, 0) is 7.05 Å². The van der Waals surface area contributed by atoms with E-state index in [-0.39, 0.29) is 17.2 Å². The van der Waals surface area contributed by atoms with Crippen molar-refractivity contribution in [2.75, 3.05) is 18.0 Å². The minimum atomic E-state index is -0.468. The van der Waals surface area contributed by atoms with Gasteiger partial charge in [0, 0.05) is 43.9 Å². The lowest BCUT2D eigenvalue weighted by Gasteiger charge is -2.35. The number of benzene rings is 2. The number of aryl methyl sites for hydroxylation is 1. The molecule has 30 heavy (non-hydrogen) atoms. The Morgan fingerprint density at radius 2 is 1.80 bits per heavy atom. The number of pyridine rings is 1. The molecule has 0 unspecified atom stereocenters. The van der Waals surface area contributed by atoms with Gasteiger partial charge in [0.05, 0.1) is 11.2 Å². The highest BCUT2D eigenvalue weighted by molar-refractivity contribution is 5.95. The summed E-state index contributed by atoms with van der Waals surface area (Å²) in [6.45, 7) is 1.35. The zero-order valence-corrected chi connectivity index (χ0v) is 16.7. The van der Waals surface area contributed by atoms with E-state index in [1.165, 1.54) is 4.57 Å². The number of fused-ring (bicyclic) bond motifs is 1. The first-order valence-corrected chi connectivity index (χ1v) is 9.83. The molecule has 152 valence electrons. The Balaban J connectivity index is 1.55. The number of rotatable bonds is 4. The molecule has 0 atom stereocenters. The molecule has 1 amide bonds. The number of para-hydroxylation sites is 1. The number of carbonyl (C=O) groups is 1. The first-order valence-electron chi connectivity index (χ1n) is 9.83. The van der Waals surface area contributed by atoms with Crippen LogP contribution in [0.15, 0.2) is 53.3 Å². The van der Waals surface area contributed by atoms with Gasteiger partial charge in [-0.2, -0.15) is 5.26 Å². The molecule has 1 aliphatic heterocycles. The number of hydrogen-bond donors (Lipinski definition) is 1. The Labute approximate surface area is 173 Å². The number of nitriles is 1. The van der Waals surface area contributed by atoms with Crippen LogP contribution in [0.5, 0.6) is 5.75 Å². The molecular formula is C23H22N4O3. The molecule has 7 nitrogen and oxygen atoms in total. The quantitative estimate of drug-likeness (QED) is 0.723. The highest BCUT2D eigenvalue weighted by Gasteiger charge is 2.26. The zero-order valence-electron chi connectivity index (χ0n) is 16.7. The molecule has 1 aliphatic rings. The monoisotopic (exact) mass is 402 g/mol. The lowest BCUT2D eigenvalue weighted by atomic mass is 10.0. The third-order valence-electron chi connectivity index (χ3n) is 5.59. The van der Waals surface area contributed by atoms with Gasteiger partial charge in [0.15, 0.2) is 0 Å². The average Bonchev–Trinajstić information content (AvgIpc) is 2.77. The van der Waals surface area contributed by atoms with Crippen LogP contribution in [0.3, 0.4) is 0 Å². The smallest absolute Gasteiger partial charge is 0.270 e. The van der Waals surface area contributed by atoms with Gasteiger partial charge in [-0.05, 0) is 30.3 Å². The topological polar surface area (TPSA) is 101 Å². The van der Waals surface area contributed by atoms with Crippen LogP contribution in [0, 0.1) is 11.3 Å². The molecule has 2 N–H and O–H groups in total. The number of ether oxygens (including phenoxy) is 1. The summed E-state index contributed by atoms with van der Waals surface area (Å²) in [5, 5.41) is 10.6. The Morgan fingerprint density at radius 1 is 1.13 bits per heavy atom. The number of amides is 1. The molecule has 0 spiro atoms. The highest BCUT2D eigenvalue weighted by atomic mass is 16.5. The Kier molecular flexibility index (Phi) is 5.15. The van der Waals surface area contributed by atoms with E-state index in [1.54, 1.807) is 31.3 Å². The van der Waals surface area contributed by atoms with Crippen molar-refractivity contribution in [2.45, 2.75) is 18.9 Å². The van der Waals surface area contributed by atoms with Crippen molar-refractivity contribution in [3.05, 3.63) is 70.0 Å². The van der Waals surface area contributed by atoms with Gasteiger partial charge in [-0.15, -0.1) is 0 Å². The van der Waals surface area contributed by atoms with Crippen LogP contribution in [-0.4, -0.2) is 29.7 Å². The molecule has 2 heterocycles. The van der Waals surface area contributed by atoms with Gasteiger partial charge in [0.1, 0.15) is 23.5 Å². The fourth-order valence-electron chi connectivity index (χ4n) is 4.00. The van der Waals surface area contributed by atoms with Gasteiger partial charge in [0.2, 0.25) is 5.91 Å². The summed E-state index contributed by atoms with van der Waals surface area (Å²) in [6, 6.07) is 16.6. The maximum absolute atomic E-state index is 12.7. The van der Waals surface area contributed by atoms with Gasteiger partial charge in [0.25, 0.3) is 5.56 Å². The molecule has 1 aromatic heterocycles. The summed E-state index contributed by atoms with van der Waals surface area (Å²) in [5.74, 6) is 0.222.